The van der Waals surface area contributed by atoms with Crippen molar-refractivity contribution in [3.8, 4) is 0 Å². The van der Waals surface area contributed by atoms with Crippen molar-refractivity contribution in [1.29, 1.82) is 0 Å². The Balaban J connectivity index is 1.48. The summed E-state index contributed by atoms with van der Waals surface area (Å²) in [5.74, 6) is 0.574. The number of halogens is 1. The van der Waals surface area contributed by atoms with E-state index >= 15 is 0 Å². The first-order valence-electron chi connectivity index (χ1n) is 9.32. The molecule has 3 heterocycles. The van der Waals surface area contributed by atoms with E-state index in [4.69, 9.17) is 11.6 Å². The van der Waals surface area contributed by atoms with Crippen LogP contribution in [0.4, 0.5) is 10.9 Å². The van der Waals surface area contributed by atoms with Crippen LogP contribution in [-0.4, -0.2) is 29.0 Å². The van der Waals surface area contributed by atoms with Crippen molar-refractivity contribution >= 4 is 39.8 Å². The Morgan fingerprint density at radius 1 is 1.21 bits per heavy atom. The van der Waals surface area contributed by atoms with E-state index in [-0.39, 0.29) is 5.91 Å². The molecule has 1 amide bonds. The molecule has 0 saturated carbocycles. The van der Waals surface area contributed by atoms with Crippen LogP contribution in [0.25, 0.3) is 0 Å². The summed E-state index contributed by atoms with van der Waals surface area (Å²) in [7, 11) is 0. The minimum atomic E-state index is -0.176. The number of thiazole rings is 1. The van der Waals surface area contributed by atoms with E-state index in [0.717, 1.165) is 52.8 Å². The first-order chi connectivity index (χ1) is 13.6. The van der Waals surface area contributed by atoms with Crippen molar-refractivity contribution in [2.75, 3.05) is 23.3 Å². The van der Waals surface area contributed by atoms with Gasteiger partial charge in [-0.05, 0) is 43.0 Å². The smallest absolute Gasteiger partial charge is 0.261 e. The number of aryl methyl sites for hydroxylation is 1. The van der Waals surface area contributed by atoms with E-state index in [2.05, 4.69) is 20.2 Å². The van der Waals surface area contributed by atoms with Gasteiger partial charge in [0, 0.05) is 41.8 Å². The van der Waals surface area contributed by atoms with Gasteiger partial charge in [0.25, 0.3) is 5.91 Å². The van der Waals surface area contributed by atoms with E-state index in [1.807, 2.05) is 31.2 Å². The molecule has 28 heavy (non-hydrogen) atoms. The third-order valence-electron chi connectivity index (χ3n) is 4.85. The molecule has 0 bridgehead atoms. The molecule has 1 fully saturated rings. The summed E-state index contributed by atoms with van der Waals surface area (Å²) in [6.45, 7) is 3.88. The van der Waals surface area contributed by atoms with Gasteiger partial charge in [0.1, 0.15) is 5.82 Å². The summed E-state index contributed by atoms with van der Waals surface area (Å²) in [5.41, 5.74) is 2.71. The van der Waals surface area contributed by atoms with Crippen LogP contribution in [0.2, 0.25) is 5.02 Å². The molecule has 7 heteroatoms. The number of amides is 1. The van der Waals surface area contributed by atoms with Crippen LogP contribution < -0.4 is 10.2 Å². The minimum Gasteiger partial charge on any atom is -0.356 e. The Kier molecular flexibility index (Phi) is 5.59. The highest BCUT2D eigenvalue weighted by Crippen LogP contribution is 2.28. The molecule has 4 rings (SSSR count). The van der Waals surface area contributed by atoms with Crippen molar-refractivity contribution in [3.05, 3.63) is 69.3 Å². The standard InChI is InChI=1S/C21H21ClN4OS/c1-14-6-4-7-15(18(14)22)12-16-13-24-21(28-16)25-20(27)17-8-5-9-23-19(17)26-10-2-3-11-26/h4-9,13H,2-3,10-12H2,1H3,(H,24,25,27). The quantitative estimate of drug-likeness (QED) is 0.644. The minimum absolute atomic E-state index is 0.176. The van der Waals surface area contributed by atoms with Gasteiger partial charge in [-0.15, -0.1) is 11.3 Å². The molecule has 1 aromatic carbocycles. The van der Waals surface area contributed by atoms with E-state index in [0.29, 0.717) is 17.1 Å². The van der Waals surface area contributed by atoms with E-state index in [1.54, 1.807) is 18.5 Å². The SMILES string of the molecule is Cc1cccc(Cc2cnc(NC(=O)c3cccnc3N3CCCC3)s2)c1Cl. The number of benzene rings is 1. The molecule has 3 aromatic rings. The number of pyridine rings is 1. The van der Waals surface area contributed by atoms with Gasteiger partial charge >= 0.3 is 0 Å². The number of anilines is 2. The lowest BCUT2D eigenvalue weighted by Crippen LogP contribution is -2.24. The highest BCUT2D eigenvalue weighted by Gasteiger charge is 2.21. The zero-order valence-corrected chi connectivity index (χ0v) is 17.2. The predicted octanol–water partition coefficient (Wildman–Crippen LogP) is 4.94. The van der Waals surface area contributed by atoms with Crippen LogP contribution in [0.15, 0.2) is 42.7 Å². The van der Waals surface area contributed by atoms with Crippen molar-refractivity contribution in [2.24, 2.45) is 0 Å². The maximum Gasteiger partial charge on any atom is 0.261 e. The van der Waals surface area contributed by atoms with Gasteiger partial charge in [-0.2, -0.15) is 0 Å². The normalized spacial score (nSPS) is 13.7. The van der Waals surface area contributed by atoms with E-state index in [1.165, 1.54) is 11.3 Å². The van der Waals surface area contributed by atoms with Gasteiger partial charge in [0.15, 0.2) is 5.13 Å². The highest BCUT2D eigenvalue weighted by atomic mass is 35.5. The number of hydrogen-bond donors (Lipinski definition) is 1. The predicted molar refractivity (Wildman–Crippen MR) is 115 cm³/mol. The topological polar surface area (TPSA) is 58.1 Å². The summed E-state index contributed by atoms with van der Waals surface area (Å²) in [6, 6.07) is 9.63. The van der Waals surface area contributed by atoms with Gasteiger partial charge in [-0.25, -0.2) is 9.97 Å². The second kappa shape index (κ2) is 8.29. The zero-order chi connectivity index (χ0) is 19.5. The van der Waals surface area contributed by atoms with Crippen LogP contribution >= 0.6 is 22.9 Å². The fourth-order valence-corrected chi connectivity index (χ4v) is 4.42. The number of hydrogen-bond acceptors (Lipinski definition) is 5. The van der Waals surface area contributed by atoms with Crippen molar-refractivity contribution in [2.45, 2.75) is 26.2 Å². The zero-order valence-electron chi connectivity index (χ0n) is 15.6. The molecule has 1 saturated heterocycles. The van der Waals surface area contributed by atoms with Crippen molar-refractivity contribution < 1.29 is 4.79 Å². The molecular formula is C21H21ClN4OS. The first kappa shape index (κ1) is 18.9. The van der Waals surface area contributed by atoms with Crippen molar-refractivity contribution in [3.63, 3.8) is 0 Å². The summed E-state index contributed by atoms with van der Waals surface area (Å²) < 4.78 is 0. The number of carbonyl (C=O) groups excluding carboxylic acids is 1. The van der Waals surface area contributed by atoms with Crippen LogP contribution in [0, 0.1) is 6.92 Å². The summed E-state index contributed by atoms with van der Waals surface area (Å²) in [6.07, 6.45) is 6.49. The van der Waals surface area contributed by atoms with Crippen LogP contribution in [0.1, 0.15) is 39.2 Å². The summed E-state index contributed by atoms with van der Waals surface area (Å²) >= 11 is 7.86. The Morgan fingerprint density at radius 2 is 2.04 bits per heavy atom. The third kappa shape index (κ3) is 4.03. The van der Waals surface area contributed by atoms with Gasteiger partial charge in [-0.1, -0.05) is 29.8 Å². The largest absolute Gasteiger partial charge is 0.356 e. The van der Waals surface area contributed by atoms with E-state index < -0.39 is 0 Å². The number of carbonyl (C=O) groups is 1. The Labute approximate surface area is 173 Å². The number of nitrogens with one attached hydrogen (secondary N) is 1. The fraction of sp³-hybridized carbons (Fsp3) is 0.286. The summed E-state index contributed by atoms with van der Waals surface area (Å²) in [4.78, 5) is 24.8. The van der Waals surface area contributed by atoms with Gasteiger partial charge in [0.2, 0.25) is 0 Å². The number of aromatic nitrogens is 2. The van der Waals surface area contributed by atoms with E-state index in [9.17, 15) is 4.79 Å². The number of rotatable bonds is 5. The van der Waals surface area contributed by atoms with Crippen molar-refractivity contribution in [1.82, 2.24) is 9.97 Å². The first-order valence-corrected chi connectivity index (χ1v) is 10.5. The van der Waals surface area contributed by atoms with Crippen LogP contribution in [0.5, 0.6) is 0 Å². The van der Waals surface area contributed by atoms with Gasteiger partial charge < -0.3 is 4.90 Å². The average molecular weight is 413 g/mol. The molecule has 5 nitrogen and oxygen atoms in total. The van der Waals surface area contributed by atoms with Gasteiger partial charge in [-0.3, -0.25) is 10.1 Å². The third-order valence-corrected chi connectivity index (χ3v) is 6.30. The summed E-state index contributed by atoms with van der Waals surface area (Å²) in [5, 5.41) is 4.29. The monoisotopic (exact) mass is 412 g/mol. The molecular weight excluding hydrogens is 392 g/mol. The lowest BCUT2D eigenvalue weighted by atomic mass is 10.1. The maximum atomic E-state index is 12.8. The molecule has 1 aliphatic heterocycles. The molecule has 1 N–H and O–H groups in total. The second-order valence-corrected chi connectivity index (χ2v) is 8.37. The fourth-order valence-electron chi connectivity index (χ4n) is 3.40. The Bertz CT molecular complexity index is 998. The average Bonchev–Trinajstić information content (AvgIpc) is 3.38. The van der Waals surface area contributed by atoms with Crippen LogP contribution in [-0.2, 0) is 6.42 Å². The highest BCUT2D eigenvalue weighted by molar-refractivity contribution is 7.15. The molecule has 144 valence electrons. The Morgan fingerprint density at radius 3 is 2.86 bits per heavy atom. The molecule has 1 aliphatic rings. The second-order valence-electron chi connectivity index (χ2n) is 6.88. The molecule has 0 atom stereocenters. The molecule has 0 unspecified atom stereocenters. The van der Waals surface area contributed by atoms with Gasteiger partial charge in [0.05, 0.1) is 5.56 Å². The van der Waals surface area contributed by atoms with Crippen LogP contribution in [0.3, 0.4) is 0 Å². The molecule has 0 spiro atoms. The maximum absolute atomic E-state index is 12.8. The lowest BCUT2D eigenvalue weighted by Gasteiger charge is -2.19. The number of nitrogens with zero attached hydrogens (tertiary/aromatic N) is 3. The Hall–Kier alpha value is -2.44. The molecule has 0 aliphatic carbocycles. The molecule has 0 radical (unpaired) electrons. The molecule has 2 aromatic heterocycles. The lowest BCUT2D eigenvalue weighted by molar-refractivity contribution is 0.102.